The first-order valence-corrected chi connectivity index (χ1v) is 6.20. The van der Waals surface area contributed by atoms with Gasteiger partial charge in [0.05, 0.1) is 24.5 Å². The molecule has 0 N–H and O–H groups in total. The lowest BCUT2D eigenvalue weighted by Crippen LogP contribution is -1.98. The van der Waals surface area contributed by atoms with E-state index in [2.05, 4.69) is 6.07 Å². The first-order chi connectivity index (χ1) is 8.74. The number of thiophene rings is 1. The number of hydrogen-bond acceptors (Lipinski definition) is 4. The van der Waals surface area contributed by atoms with E-state index < -0.39 is 0 Å². The van der Waals surface area contributed by atoms with Crippen molar-refractivity contribution in [3.63, 3.8) is 0 Å². The molecule has 0 fully saturated rings. The van der Waals surface area contributed by atoms with Crippen LogP contribution in [0.3, 0.4) is 0 Å². The van der Waals surface area contributed by atoms with Crippen molar-refractivity contribution in [2.24, 2.45) is 0 Å². The number of nitriles is 1. The van der Waals surface area contributed by atoms with Gasteiger partial charge in [-0.05, 0) is 36.4 Å². The number of rotatable bonds is 4. The topological polar surface area (TPSA) is 50.1 Å². The number of ketones is 1. The van der Waals surface area contributed by atoms with Crippen molar-refractivity contribution in [3.8, 4) is 11.8 Å². The normalized spacial score (nSPS) is 9.78. The average molecular weight is 257 g/mol. The summed E-state index contributed by atoms with van der Waals surface area (Å²) in [6.07, 6.45) is 0.348. The smallest absolute Gasteiger partial charge is 0.202 e. The lowest BCUT2D eigenvalue weighted by Gasteiger charge is -2.01. The fourth-order valence-electron chi connectivity index (χ4n) is 1.56. The van der Waals surface area contributed by atoms with Crippen molar-refractivity contribution in [2.45, 2.75) is 6.42 Å². The Labute approximate surface area is 109 Å². The van der Waals surface area contributed by atoms with Crippen LogP contribution in [-0.4, -0.2) is 12.9 Å². The molecule has 0 saturated carbocycles. The minimum atomic E-state index is -0.0214. The van der Waals surface area contributed by atoms with E-state index in [4.69, 9.17) is 10.00 Å². The minimum Gasteiger partial charge on any atom is -0.497 e. The van der Waals surface area contributed by atoms with Crippen molar-refractivity contribution in [1.29, 1.82) is 5.26 Å². The molecule has 0 amide bonds. The third-order valence-electron chi connectivity index (χ3n) is 2.49. The van der Waals surface area contributed by atoms with Crippen molar-refractivity contribution in [2.75, 3.05) is 7.11 Å². The SMILES string of the molecule is COc1ccc(C(=O)c2ccc(CC#N)s2)cc1. The second kappa shape index (κ2) is 5.48. The first-order valence-electron chi connectivity index (χ1n) is 5.39. The molecule has 2 rings (SSSR count). The first kappa shape index (κ1) is 12.3. The van der Waals surface area contributed by atoms with Gasteiger partial charge in [-0.15, -0.1) is 11.3 Å². The Kier molecular flexibility index (Phi) is 3.75. The Balaban J connectivity index is 2.21. The molecule has 0 aliphatic rings. The maximum atomic E-state index is 12.2. The highest BCUT2D eigenvalue weighted by Crippen LogP contribution is 2.21. The third kappa shape index (κ3) is 2.58. The summed E-state index contributed by atoms with van der Waals surface area (Å²) in [6, 6.07) is 12.7. The molecule has 1 aromatic heterocycles. The number of methoxy groups -OCH3 is 1. The van der Waals surface area contributed by atoms with Crippen molar-refractivity contribution < 1.29 is 9.53 Å². The molecular formula is C14H11NO2S. The van der Waals surface area contributed by atoms with Crippen LogP contribution in [0.2, 0.25) is 0 Å². The minimum absolute atomic E-state index is 0.0214. The number of carbonyl (C=O) groups excluding carboxylic acids is 1. The number of benzene rings is 1. The van der Waals surface area contributed by atoms with E-state index >= 15 is 0 Å². The zero-order valence-electron chi connectivity index (χ0n) is 9.84. The standard InChI is InChI=1S/C14H11NO2S/c1-17-11-4-2-10(3-5-11)14(16)13-7-6-12(18-13)8-9-15/h2-7H,8H2,1H3. The molecule has 0 unspecified atom stereocenters. The van der Waals surface area contributed by atoms with Crippen LogP contribution in [0.4, 0.5) is 0 Å². The molecule has 4 heteroatoms. The summed E-state index contributed by atoms with van der Waals surface area (Å²) in [4.78, 5) is 13.7. The molecule has 0 bridgehead atoms. The Morgan fingerprint density at radius 2 is 2.00 bits per heavy atom. The molecule has 0 atom stereocenters. The number of carbonyl (C=O) groups is 1. The van der Waals surface area contributed by atoms with Gasteiger partial charge >= 0.3 is 0 Å². The molecule has 0 saturated heterocycles. The maximum absolute atomic E-state index is 12.2. The van der Waals surface area contributed by atoms with E-state index in [0.717, 1.165) is 10.6 Å². The van der Waals surface area contributed by atoms with Crippen molar-refractivity contribution in [3.05, 3.63) is 51.7 Å². The van der Waals surface area contributed by atoms with E-state index in [-0.39, 0.29) is 5.78 Å². The molecule has 1 aromatic carbocycles. The van der Waals surface area contributed by atoms with Gasteiger partial charge in [0.1, 0.15) is 5.75 Å². The second-order valence-corrected chi connectivity index (χ2v) is 4.83. The van der Waals surface area contributed by atoms with E-state index in [1.807, 2.05) is 6.07 Å². The summed E-state index contributed by atoms with van der Waals surface area (Å²) in [6.45, 7) is 0. The largest absolute Gasteiger partial charge is 0.497 e. The van der Waals surface area contributed by atoms with Crippen LogP contribution in [0.15, 0.2) is 36.4 Å². The summed E-state index contributed by atoms with van der Waals surface area (Å²) in [5.41, 5.74) is 0.626. The van der Waals surface area contributed by atoms with Gasteiger partial charge < -0.3 is 4.74 Å². The third-order valence-corrected chi connectivity index (χ3v) is 3.57. The van der Waals surface area contributed by atoms with Gasteiger partial charge in [0.2, 0.25) is 5.78 Å². The monoisotopic (exact) mass is 257 g/mol. The van der Waals surface area contributed by atoms with Gasteiger partial charge in [-0.1, -0.05) is 0 Å². The number of ether oxygens (including phenoxy) is 1. The van der Waals surface area contributed by atoms with Crippen LogP contribution in [-0.2, 0) is 6.42 Å². The predicted octanol–water partition coefficient (Wildman–Crippen LogP) is 3.05. The van der Waals surface area contributed by atoms with Crippen LogP contribution in [0.25, 0.3) is 0 Å². The highest BCUT2D eigenvalue weighted by molar-refractivity contribution is 7.14. The quantitative estimate of drug-likeness (QED) is 0.791. The van der Waals surface area contributed by atoms with Gasteiger partial charge in [-0.25, -0.2) is 0 Å². The molecular weight excluding hydrogens is 246 g/mol. The van der Waals surface area contributed by atoms with E-state index in [0.29, 0.717) is 16.9 Å². The average Bonchev–Trinajstić information content (AvgIpc) is 2.87. The summed E-state index contributed by atoms with van der Waals surface area (Å²) >= 11 is 1.37. The maximum Gasteiger partial charge on any atom is 0.202 e. The Hall–Kier alpha value is -2.12. The fraction of sp³-hybridized carbons (Fsp3) is 0.143. The van der Waals surface area contributed by atoms with Crippen LogP contribution >= 0.6 is 11.3 Å². The van der Waals surface area contributed by atoms with Crippen LogP contribution in [0, 0.1) is 11.3 Å². The molecule has 2 aromatic rings. The number of nitrogens with zero attached hydrogens (tertiary/aromatic N) is 1. The lowest BCUT2D eigenvalue weighted by atomic mass is 10.1. The van der Waals surface area contributed by atoms with Crippen LogP contribution < -0.4 is 4.74 Å². The molecule has 0 spiro atoms. The second-order valence-electron chi connectivity index (χ2n) is 3.66. The Morgan fingerprint density at radius 3 is 2.61 bits per heavy atom. The fourth-order valence-corrected chi connectivity index (χ4v) is 2.46. The lowest BCUT2D eigenvalue weighted by molar-refractivity contribution is 0.104. The zero-order valence-corrected chi connectivity index (χ0v) is 10.7. The van der Waals surface area contributed by atoms with Gasteiger partial charge in [-0.3, -0.25) is 4.79 Å². The van der Waals surface area contributed by atoms with Gasteiger partial charge in [0.15, 0.2) is 0 Å². The molecule has 0 aliphatic carbocycles. The number of hydrogen-bond donors (Lipinski definition) is 0. The Bertz CT molecular complexity index is 593. The van der Waals surface area contributed by atoms with Crippen LogP contribution in [0.5, 0.6) is 5.75 Å². The molecule has 90 valence electrons. The summed E-state index contributed by atoms with van der Waals surface area (Å²) in [5.74, 6) is 0.703. The zero-order chi connectivity index (χ0) is 13.0. The Morgan fingerprint density at radius 1 is 1.28 bits per heavy atom. The summed E-state index contributed by atoms with van der Waals surface area (Å²) in [5, 5.41) is 8.60. The van der Waals surface area contributed by atoms with Crippen LogP contribution in [0.1, 0.15) is 20.1 Å². The predicted molar refractivity (Wildman–Crippen MR) is 70.1 cm³/mol. The highest BCUT2D eigenvalue weighted by Gasteiger charge is 2.11. The van der Waals surface area contributed by atoms with E-state index in [9.17, 15) is 4.79 Å². The molecule has 0 radical (unpaired) electrons. The van der Waals surface area contributed by atoms with Gasteiger partial charge in [0, 0.05) is 10.4 Å². The van der Waals surface area contributed by atoms with Gasteiger partial charge in [0.25, 0.3) is 0 Å². The molecule has 18 heavy (non-hydrogen) atoms. The van der Waals surface area contributed by atoms with Gasteiger partial charge in [-0.2, -0.15) is 5.26 Å². The van der Waals surface area contributed by atoms with Crippen molar-refractivity contribution in [1.82, 2.24) is 0 Å². The molecule has 3 nitrogen and oxygen atoms in total. The van der Waals surface area contributed by atoms with E-state index in [1.54, 1.807) is 37.4 Å². The van der Waals surface area contributed by atoms with Crippen molar-refractivity contribution >= 4 is 17.1 Å². The van der Waals surface area contributed by atoms with E-state index in [1.165, 1.54) is 11.3 Å². The summed E-state index contributed by atoms with van der Waals surface area (Å²) in [7, 11) is 1.59. The highest BCUT2D eigenvalue weighted by atomic mass is 32.1. The summed E-state index contributed by atoms with van der Waals surface area (Å²) < 4.78 is 5.05. The molecule has 1 heterocycles. The molecule has 0 aliphatic heterocycles.